The van der Waals surface area contributed by atoms with Crippen LogP contribution in [-0.4, -0.2) is 56.9 Å². The monoisotopic (exact) mass is 480 g/mol. The Morgan fingerprint density at radius 2 is 1.52 bits per heavy atom. The molecule has 7 atom stereocenters. The standard InChI is InChI=1S/C24H36O8Si/c1-13(25)30-19-18-16-9-10-17(11-16)24(18,12-29-33(7,8)23(4,5)6)22(28)21(32-15(3)27)20(19)31-14(2)26/h9-10,16-21H,11-12H2,1-8H3/t16-,17+,18+,19-,20-,21+,24+/m0/s1. The van der Waals surface area contributed by atoms with Gasteiger partial charge in [0, 0.05) is 33.3 Å². The van der Waals surface area contributed by atoms with Crippen molar-refractivity contribution in [1.29, 1.82) is 0 Å². The average molecular weight is 481 g/mol. The van der Waals surface area contributed by atoms with Gasteiger partial charge in [0.25, 0.3) is 0 Å². The van der Waals surface area contributed by atoms with Crippen LogP contribution < -0.4 is 0 Å². The van der Waals surface area contributed by atoms with Gasteiger partial charge >= 0.3 is 17.9 Å². The summed E-state index contributed by atoms with van der Waals surface area (Å²) in [5.41, 5.74) is -1.04. The van der Waals surface area contributed by atoms with Crippen LogP contribution in [0.2, 0.25) is 18.1 Å². The van der Waals surface area contributed by atoms with Crippen LogP contribution in [0.15, 0.2) is 12.2 Å². The van der Waals surface area contributed by atoms with E-state index < -0.39 is 55.9 Å². The molecule has 0 heterocycles. The van der Waals surface area contributed by atoms with Gasteiger partial charge in [-0.3, -0.25) is 19.2 Å². The number of carbonyl (C=O) groups excluding carboxylic acids is 4. The fourth-order valence-electron chi connectivity index (χ4n) is 5.42. The molecule has 0 unspecified atom stereocenters. The van der Waals surface area contributed by atoms with E-state index in [4.69, 9.17) is 18.6 Å². The zero-order chi connectivity index (χ0) is 24.9. The number of allylic oxidation sites excluding steroid dienone is 2. The molecule has 0 N–H and O–H groups in total. The first kappa shape index (κ1) is 25.6. The summed E-state index contributed by atoms with van der Waals surface area (Å²) in [6, 6.07) is 0. The highest BCUT2D eigenvalue weighted by Crippen LogP contribution is 2.62. The van der Waals surface area contributed by atoms with Crippen LogP contribution in [0.3, 0.4) is 0 Å². The molecule has 2 fully saturated rings. The van der Waals surface area contributed by atoms with Gasteiger partial charge in [0.2, 0.25) is 6.10 Å². The fourth-order valence-corrected chi connectivity index (χ4v) is 6.45. The van der Waals surface area contributed by atoms with Crippen molar-refractivity contribution in [3.8, 4) is 0 Å². The maximum Gasteiger partial charge on any atom is 0.303 e. The predicted octanol–water partition coefficient (Wildman–Crippen LogP) is 3.19. The molecule has 0 amide bonds. The molecule has 0 saturated heterocycles. The molecule has 9 heteroatoms. The Bertz CT molecular complexity index is 872. The number of carbonyl (C=O) groups is 4. The fraction of sp³-hybridized carbons (Fsp3) is 0.750. The third kappa shape index (κ3) is 4.41. The van der Waals surface area contributed by atoms with Crippen molar-refractivity contribution in [3.63, 3.8) is 0 Å². The highest BCUT2D eigenvalue weighted by atomic mass is 28.4. The van der Waals surface area contributed by atoms with Crippen molar-refractivity contribution in [2.75, 3.05) is 6.61 Å². The van der Waals surface area contributed by atoms with Crippen molar-refractivity contribution in [2.24, 2.45) is 23.2 Å². The number of Topliss-reactive ketones (excluding diaryl/α,β-unsaturated/α-hetero) is 1. The van der Waals surface area contributed by atoms with Crippen molar-refractivity contribution in [1.82, 2.24) is 0 Å². The van der Waals surface area contributed by atoms with Gasteiger partial charge in [-0.25, -0.2) is 0 Å². The maximum absolute atomic E-state index is 14.1. The van der Waals surface area contributed by atoms with Crippen molar-refractivity contribution < 1.29 is 37.8 Å². The minimum absolute atomic E-state index is 0.0392. The molecule has 184 valence electrons. The first-order chi connectivity index (χ1) is 15.1. The zero-order valence-corrected chi connectivity index (χ0v) is 21.8. The quantitative estimate of drug-likeness (QED) is 0.247. The molecule has 3 aliphatic rings. The topological polar surface area (TPSA) is 105 Å². The zero-order valence-electron chi connectivity index (χ0n) is 20.8. The first-order valence-corrected chi connectivity index (χ1v) is 14.4. The number of ketones is 1. The Labute approximate surface area is 196 Å². The minimum Gasteiger partial charge on any atom is -0.458 e. The maximum atomic E-state index is 14.1. The van der Waals surface area contributed by atoms with Crippen LogP contribution in [0.25, 0.3) is 0 Å². The van der Waals surface area contributed by atoms with E-state index >= 15 is 0 Å². The number of fused-ring (bicyclic) bond motifs is 5. The molecule has 0 aromatic carbocycles. The average Bonchev–Trinajstić information content (AvgIpc) is 3.25. The molecule has 0 spiro atoms. The number of rotatable bonds is 6. The molecule has 0 aromatic heterocycles. The van der Waals surface area contributed by atoms with Crippen molar-refractivity contribution in [2.45, 2.75) is 84.4 Å². The Morgan fingerprint density at radius 1 is 0.970 bits per heavy atom. The van der Waals surface area contributed by atoms with E-state index in [1.54, 1.807) is 0 Å². The molecule has 2 bridgehead atoms. The van der Waals surface area contributed by atoms with Crippen LogP contribution in [0.5, 0.6) is 0 Å². The van der Waals surface area contributed by atoms with E-state index in [1.165, 1.54) is 20.8 Å². The summed E-state index contributed by atoms with van der Waals surface area (Å²) < 4.78 is 23.2. The van der Waals surface area contributed by atoms with Crippen LogP contribution in [-0.2, 0) is 37.8 Å². The predicted molar refractivity (Wildman–Crippen MR) is 121 cm³/mol. The van der Waals surface area contributed by atoms with Crippen molar-refractivity contribution >= 4 is 32.0 Å². The Hall–Kier alpha value is -2.00. The van der Waals surface area contributed by atoms with Crippen molar-refractivity contribution in [3.05, 3.63) is 12.2 Å². The van der Waals surface area contributed by atoms with Gasteiger partial charge in [0.1, 0.15) is 6.10 Å². The number of hydrogen-bond donors (Lipinski definition) is 0. The molecule has 0 aliphatic heterocycles. The second kappa shape index (κ2) is 8.65. The summed E-state index contributed by atoms with van der Waals surface area (Å²) in [5, 5.41) is -0.0742. The SMILES string of the molecule is CC(=O)O[C@@H]1[C@H](OC(C)=O)[C@@H](OC(C)=O)C(=O)[C@@]2(CO[Si](C)(C)C(C)(C)C)[C@@H]1[C@H]1C=C[C@@H]2C1. The largest absolute Gasteiger partial charge is 0.458 e. The Morgan fingerprint density at radius 3 is 2.03 bits per heavy atom. The normalized spacial score (nSPS) is 35.2. The van der Waals surface area contributed by atoms with E-state index in [9.17, 15) is 19.2 Å². The lowest BCUT2D eigenvalue weighted by molar-refractivity contribution is -0.214. The van der Waals surface area contributed by atoms with Crippen LogP contribution in [0, 0.1) is 23.2 Å². The van der Waals surface area contributed by atoms with Gasteiger partial charge in [0.15, 0.2) is 20.2 Å². The third-order valence-corrected chi connectivity index (χ3v) is 12.4. The molecule has 3 aliphatic carbocycles. The second-order valence-electron chi connectivity index (χ2n) is 11.0. The lowest BCUT2D eigenvalue weighted by atomic mass is 9.58. The van der Waals surface area contributed by atoms with E-state index in [-0.39, 0.29) is 29.3 Å². The highest BCUT2D eigenvalue weighted by Gasteiger charge is 2.71. The smallest absolute Gasteiger partial charge is 0.303 e. The van der Waals surface area contributed by atoms with Gasteiger partial charge in [0.05, 0.1) is 5.41 Å². The molecular weight excluding hydrogens is 444 g/mol. The molecule has 3 rings (SSSR count). The lowest BCUT2D eigenvalue weighted by Crippen LogP contribution is -2.67. The van der Waals surface area contributed by atoms with Gasteiger partial charge in [-0.15, -0.1) is 0 Å². The van der Waals surface area contributed by atoms with Gasteiger partial charge in [-0.1, -0.05) is 32.9 Å². The molecule has 2 saturated carbocycles. The first-order valence-electron chi connectivity index (χ1n) is 11.5. The van der Waals surface area contributed by atoms with Gasteiger partial charge in [-0.2, -0.15) is 0 Å². The summed E-state index contributed by atoms with van der Waals surface area (Å²) >= 11 is 0. The number of ether oxygens (including phenoxy) is 3. The number of esters is 3. The second-order valence-corrected chi connectivity index (χ2v) is 15.9. The van der Waals surface area contributed by atoms with Gasteiger partial charge in [-0.05, 0) is 36.4 Å². The molecule has 8 nitrogen and oxygen atoms in total. The molecular formula is C24H36O8Si. The molecule has 0 aromatic rings. The summed E-state index contributed by atoms with van der Waals surface area (Å²) in [7, 11) is -2.24. The van der Waals surface area contributed by atoms with E-state index in [1.807, 2.05) is 12.2 Å². The van der Waals surface area contributed by atoms with E-state index in [2.05, 4.69) is 33.9 Å². The molecule has 0 radical (unpaired) electrons. The van der Waals surface area contributed by atoms with Crippen LogP contribution in [0.1, 0.15) is 48.0 Å². The van der Waals surface area contributed by atoms with Crippen LogP contribution in [0.4, 0.5) is 0 Å². The minimum atomic E-state index is -2.24. The van der Waals surface area contributed by atoms with Gasteiger partial charge < -0.3 is 18.6 Å². The summed E-state index contributed by atoms with van der Waals surface area (Å²) in [6.07, 6.45) is 1.26. The highest BCUT2D eigenvalue weighted by molar-refractivity contribution is 6.74. The Balaban J connectivity index is 2.12. The Kier molecular flexibility index (Phi) is 6.72. The summed E-state index contributed by atoms with van der Waals surface area (Å²) in [5.74, 6) is -2.82. The lowest BCUT2D eigenvalue weighted by Gasteiger charge is -2.52. The summed E-state index contributed by atoms with van der Waals surface area (Å²) in [6.45, 7) is 14.4. The number of hydrogen-bond acceptors (Lipinski definition) is 8. The summed E-state index contributed by atoms with van der Waals surface area (Å²) in [4.78, 5) is 50.1. The van der Waals surface area contributed by atoms with E-state index in [0.717, 1.165) is 0 Å². The molecule has 33 heavy (non-hydrogen) atoms. The third-order valence-electron chi connectivity index (χ3n) is 7.90. The van der Waals surface area contributed by atoms with Crippen LogP contribution >= 0.6 is 0 Å². The van der Waals surface area contributed by atoms with E-state index in [0.29, 0.717) is 6.42 Å².